The number of pyridine rings is 1. The average molecular weight is 196 g/mol. The van der Waals surface area contributed by atoms with Crippen LogP contribution in [-0.2, 0) is 0 Å². The Labute approximate surface area is 84.6 Å². The number of aromatic nitrogens is 1. The summed E-state index contributed by atoms with van der Waals surface area (Å²) in [4.78, 5) is 3.91. The van der Waals surface area contributed by atoms with Crippen molar-refractivity contribution < 1.29 is 4.39 Å². The number of rotatable bonds is 5. The molecular weight excluding hydrogens is 179 g/mol. The molecule has 78 valence electrons. The molecule has 0 atom stereocenters. The van der Waals surface area contributed by atoms with Crippen LogP contribution in [0, 0.1) is 11.7 Å². The van der Waals surface area contributed by atoms with Crippen molar-refractivity contribution in [3.63, 3.8) is 0 Å². The molecule has 0 radical (unpaired) electrons. The molecule has 0 fully saturated rings. The molecule has 14 heavy (non-hydrogen) atoms. The zero-order valence-corrected chi connectivity index (χ0v) is 8.76. The number of anilines is 1. The van der Waals surface area contributed by atoms with Gasteiger partial charge in [0.05, 0.1) is 0 Å². The maximum atomic E-state index is 13.1. The Balaban J connectivity index is 2.28. The highest BCUT2D eigenvalue weighted by Gasteiger charge is 2.00. The van der Waals surface area contributed by atoms with Gasteiger partial charge in [-0.25, -0.2) is 9.37 Å². The SMILES string of the molecule is CC(C)CCCNc1ncccc1F. The summed E-state index contributed by atoms with van der Waals surface area (Å²) >= 11 is 0. The second-order valence-electron chi connectivity index (χ2n) is 3.80. The summed E-state index contributed by atoms with van der Waals surface area (Å²) in [6, 6.07) is 3.01. The maximum absolute atomic E-state index is 13.1. The van der Waals surface area contributed by atoms with Crippen molar-refractivity contribution in [2.45, 2.75) is 26.7 Å². The second kappa shape index (κ2) is 5.58. The van der Waals surface area contributed by atoms with Crippen LogP contribution in [-0.4, -0.2) is 11.5 Å². The zero-order chi connectivity index (χ0) is 10.4. The van der Waals surface area contributed by atoms with E-state index >= 15 is 0 Å². The molecule has 0 aliphatic carbocycles. The highest BCUT2D eigenvalue weighted by Crippen LogP contribution is 2.09. The predicted molar refractivity (Wildman–Crippen MR) is 56.8 cm³/mol. The minimum Gasteiger partial charge on any atom is -0.368 e. The topological polar surface area (TPSA) is 24.9 Å². The first-order chi connectivity index (χ1) is 6.70. The predicted octanol–water partition coefficient (Wildman–Crippen LogP) is 3.07. The van der Waals surface area contributed by atoms with E-state index in [9.17, 15) is 4.39 Å². The van der Waals surface area contributed by atoms with E-state index in [1.165, 1.54) is 6.07 Å². The first-order valence-corrected chi connectivity index (χ1v) is 5.04. The smallest absolute Gasteiger partial charge is 0.165 e. The molecule has 1 N–H and O–H groups in total. The van der Waals surface area contributed by atoms with E-state index in [1.807, 2.05) is 0 Å². The molecule has 0 bridgehead atoms. The van der Waals surface area contributed by atoms with Gasteiger partial charge < -0.3 is 5.32 Å². The Morgan fingerprint density at radius 1 is 1.50 bits per heavy atom. The first kappa shape index (κ1) is 11.0. The van der Waals surface area contributed by atoms with Crippen LogP contribution in [0.3, 0.4) is 0 Å². The molecule has 0 spiro atoms. The van der Waals surface area contributed by atoms with E-state index in [0.29, 0.717) is 11.7 Å². The molecule has 0 aromatic carbocycles. The van der Waals surface area contributed by atoms with Gasteiger partial charge in [0.15, 0.2) is 11.6 Å². The van der Waals surface area contributed by atoms with Crippen molar-refractivity contribution in [1.29, 1.82) is 0 Å². The Hall–Kier alpha value is -1.12. The lowest BCUT2D eigenvalue weighted by molar-refractivity contribution is 0.564. The van der Waals surface area contributed by atoms with E-state index in [0.717, 1.165) is 19.4 Å². The van der Waals surface area contributed by atoms with Crippen molar-refractivity contribution in [2.75, 3.05) is 11.9 Å². The number of hydrogen-bond donors (Lipinski definition) is 1. The molecule has 3 heteroatoms. The van der Waals surface area contributed by atoms with Gasteiger partial charge in [0.1, 0.15) is 0 Å². The van der Waals surface area contributed by atoms with E-state index in [4.69, 9.17) is 0 Å². The van der Waals surface area contributed by atoms with Gasteiger partial charge in [0, 0.05) is 12.7 Å². The third kappa shape index (κ3) is 3.73. The largest absolute Gasteiger partial charge is 0.368 e. The average Bonchev–Trinajstić information content (AvgIpc) is 2.15. The lowest BCUT2D eigenvalue weighted by Crippen LogP contribution is -2.06. The standard InChI is InChI=1S/C11H17FN2/c1-9(2)5-3-7-13-11-10(12)6-4-8-14-11/h4,6,8-9H,3,5,7H2,1-2H3,(H,13,14). The number of nitrogens with one attached hydrogen (secondary N) is 1. The zero-order valence-electron chi connectivity index (χ0n) is 8.76. The highest BCUT2D eigenvalue weighted by molar-refractivity contribution is 5.35. The molecule has 0 aliphatic rings. The molecule has 1 rings (SSSR count). The summed E-state index contributed by atoms with van der Waals surface area (Å²) < 4.78 is 13.1. The quantitative estimate of drug-likeness (QED) is 0.732. The number of halogens is 1. The monoisotopic (exact) mass is 196 g/mol. The van der Waals surface area contributed by atoms with Gasteiger partial charge in [0.2, 0.25) is 0 Å². The fourth-order valence-electron chi connectivity index (χ4n) is 1.23. The third-order valence-corrected chi connectivity index (χ3v) is 2.01. The van der Waals surface area contributed by atoms with Gasteiger partial charge >= 0.3 is 0 Å². The van der Waals surface area contributed by atoms with Crippen LogP contribution in [0.25, 0.3) is 0 Å². The third-order valence-electron chi connectivity index (χ3n) is 2.01. The molecule has 2 nitrogen and oxygen atoms in total. The Bertz CT molecular complexity index is 274. The molecule has 1 heterocycles. The molecule has 0 amide bonds. The van der Waals surface area contributed by atoms with E-state index in [2.05, 4.69) is 24.1 Å². The normalized spacial score (nSPS) is 10.6. The van der Waals surface area contributed by atoms with Gasteiger partial charge in [0.25, 0.3) is 0 Å². The van der Waals surface area contributed by atoms with E-state index < -0.39 is 0 Å². The summed E-state index contributed by atoms with van der Waals surface area (Å²) in [5.41, 5.74) is 0. The first-order valence-electron chi connectivity index (χ1n) is 5.04. The van der Waals surface area contributed by atoms with Crippen LogP contribution in [0.5, 0.6) is 0 Å². The van der Waals surface area contributed by atoms with Crippen LogP contribution in [0.1, 0.15) is 26.7 Å². The van der Waals surface area contributed by atoms with Crippen LogP contribution >= 0.6 is 0 Å². The van der Waals surface area contributed by atoms with Gasteiger partial charge in [-0.1, -0.05) is 13.8 Å². The van der Waals surface area contributed by atoms with Gasteiger partial charge in [-0.3, -0.25) is 0 Å². The fourth-order valence-corrected chi connectivity index (χ4v) is 1.23. The molecule has 0 saturated heterocycles. The summed E-state index contributed by atoms with van der Waals surface area (Å²) in [6.07, 6.45) is 3.79. The Morgan fingerprint density at radius 3 is 2.93 bits per heavy atom. The van der Waals surface area contributed by atoms with Crippen molar-refractivity contribution in [3.05, 3.63) is 24.1 Å². The number of hydrogen-bond acceptors (Lipinski definition) is 2. The maximum Gasteiger partial charge on any atom is 0.165 e. The Kier molecular flexibility index (Phi) is 4.36. The van der Waals surface area contributed by atoms with Crippen molar-refractivity contribution in [3.8, 4) is 0 Å². The van der Waals surface area contributed by atoms with Crippen molar-refractivity contribution >= 4 is 5.82 Å². The summed E-state index contributed by atoms with van der Waals surface area (Å²) in [5, 5.41) is 2.98. The van der Waals surface area contributed by atoms with Gasteiger partial charge in [-0.05, 0) is 30.9 Å². The van der Waals surface area contributed by atoms with Crippen LogP contribution in [0.4, 0.5) is 10.2 Å². The minimum absolute atomic E-state index is 0.281. The summed E-state index contributed by atoms with van der Waals surface area (Å²) in [7, 11) is 0. The minimum atomic E-state index is -0.281. The highest BCUT2D eigenvalue weighted by atomic mass is 19.1. The lowest BCUT2D eigenvalue weighted by atomic mass is 10.1. The summed E-state index contributed by atoms with van der Waals surface area (Å²) in [6.45, 7) is 5.15. The fraction of sp³-hybridized carbons (Fsp3) is 0.545. The van der Waals surface area contributed by atoms with Crippen LogP contribution in [0.15, 0.2) is 18.3 Å². The van der Waals surface area contributed by atoms with Crippen molar-refractivity contribution in [1.82, 2.24) is 4.98 Å². The Morgan fingerprint density at radius 2 is 2.29 bits per heavy atom. The molecule has 1 aromatic heterocycles. The van der Waals surface area contributed by atoms with Crippen LogP contribution in [0.2, 0.25) is 0 Å². The van der Waals surface area contributed by atoms with E-state index in [-0.39, 0.29) is 5.82 Å². The van der Waals surface area contributed by atoms with Gasteiger partial charge in [-0.15, -0.1) is 0 Å². The molecule has 0 unspecified atom stereocenters. The summed E-state index contributed by atoms with van der Waals surface area (Å²) in [5.74, 6) is 0.777. The second-order valence-corrected chi connectivity index (χ2v) is 3.80. The molecule has 0 aliphatic heterocycles. The lowest BCUT2D eigenvalue weighted by Gasteiger charge is -2.07. The van der Waals surface area contributed by atoms with Gasteiger partial charge in [-0.2, -0.15) is 0 Å². The van der Waals surface area contributed by atoms with Crippen molar-refractivity contribution in [2.24, 2.45) is 5.92 Å². The molecule has 0 saturated carbocycles. The number of nitrogens with zero attached hydrogens (tertiary/aromatic N) is 1. The molecular formula is C11H17FN2. The van der Waals surface area contributed by atoms with E-state index in [1.54, 1.807) is 12.3 Å². The van der Waals surface area contributed by atoms with Crippen LogP contribution < -0.4 is 5.32 Å². The molecule has 1 aromatic rings.